The Labute approximate surface area is 254 Å². The van der Waals surface area contributed by atoms with Gasteiger partial charge in [-0.15, -0.1) is 0 Å². The van der Waals surface area contributed by atoms with Gasteiger partial charge in [0.25, 0.3) is 0 Å². The van der Waals surface area contributed by atoms with Crippen LogP contribution in [0.25, 0.3) is 0 Å². The van der Waals surface area contributed by atoms with E-state index in [0.717, 1.165) is 11.3 Å². The van der Waals surface area contributed by atoms with Crippen LogP contribution < -0.4 is 4.43 Å². The van der Waals surface area contributed by atoms with Crippen molar-refractivity contribution in [2.45, 2.75) is 86.2 Å². The molecule has 3 nitrogen and oxygen atoms in total. The Kier molecular flexibility index (Phi) is 30.1. The van der Waals surface area contributed by atoms with Gasteiger partial charge in [0.1, 0.15) is 11.5 Å². The SMILES string of the molecule is CC.CC.CC(C)(C)[Si](O)(Oc1ccccc1)C(C)(C)C.CI.Cc1ccccc1O.[I][V][I]. The van der Waals surface area contributed by atoms with Gasteiger partial charge in [-0.2, -0.15) is 0 Å². The van der Waals surface area contributed by atoms with Gasteiger partial charge >= 0.3 is 58.0 Å². The van der Waals surface area contributed by atoms with Crippen molar-refractivity contribution < 1.29 is 23.8 Å². The maximum atomic E-state index is 11.1. The van der Waals surface area contributed by atoms with Crippen LogP contribution in [0, 0.1) is 6.92 Å². The van der Waals surface area contributed by atoms with E-state index in [4.69, 9.17) is 9.53 Å². The number of aryl methyl sites for hydroxylation is 1. The molecule has 0 aliphatic rings. The third-order valence-corrected chi connectivity index (χ3v) is 8.75. The molecule has 0 spiro atoms. The Morgan fingerprint density at radius 2 is 1.06 bits per heavy atom. The molecule has 0 radical (unpaired) electrons. The number of benzene rings is 2. The summed E-state index contributed by atoms with van der Waals surface area (Å²) in [7, 11) is -2.27. The van der Waals surface area contributed by atoms with Gasteiger partial charge in [0.05, 0.1) is 0 Å². The van der Waals surface area contributed by atoms with Crippen molar-refractivity contribution in [3.8, 4) is 11.5 Å². The summed E-state index contributed by atoms with van der Waals surface area (Å²) in [6.45, 7) is 22.2. The van der Waals surface area contributed by atoms with Crippen molar-refractivity contribution in [3.05, 3.63) is 60.2 Å². The molecule has 0 amide bonds. The second-order valence-corrected chi connectivity index (χ2v) is 24.7. The standard InChI is InChI=1S/C14H24O2Si.C7H8O.2C2H6.CH3I.2HI.V/c1-13(2,3)17(15,14(4,5)6)16-12-10-8-7-9-11-12;1-6-4-2-3-5-7(6)8;3*1-2;;;/h7-11,15H,1-6H3;2-5,8H,1H3;2*1-2H3;1H3;2*1H;/q;;;;;;;+2/p-2. The van der Waals surface area contributed by atoms with E-state index in [1.807, 2.05) is 130 Å². The fourth-order valence-electron chi connectivity index (χ4n) is 2.65. The van der Waals surface area contributed by atoms with Crippen LogP contribution >= 0.6 is 62.5 Å². The summed E-state index contributed by atoms with van der Waals surface area (Å²) >= 11 is 6.89. The van der Waals surface area contributed by atoms with Crippen molar-refractivity contribution >= 4 is 71.1 Å². The molecule has 0 saturated carbocycles. The summed E-state index contributed by atoms with van der Waals surface area (Å²) in [5, 5.41) is 8.45. The summed E-state index contributed by atoms with van der Waals surface area (Å²) in [5.41, 5.74) is 0.924. The zero-order valence-electron chi connectivity index (χ0n) is 23.1. The first-order chi connectivity index (χ1) is 15.8. The molecular formula is C26H47I3O3SiV. The predicted octanol–water partition coefficient (Wildman–Crippen LogP) is 10.7. The zero-order chi connectivity index (χ0) is 28.0. The molecule has 0 bridgehead atoms. The number of aromatic hydroxyl groups is 1. The fourth-order valence-corrected chi connectivity index (χ4v) is 5.99. The molecule has 0 aliphatic carbocycles. The second kappa shape index (κ2) is 24.3. The van der Waals surface area contributed by atoms with E-state index >= 15 is 0 Å². The van der Waals surface area contributed by atoms with E-state index in [2.05, 4.69) is 62.5 Å². The number of para-hydroxylation sites is 2. The summed E-state index contributed by atoms with van der Waals surface area (Å²) < 4.78 is 6.03. The minimum absolute atomic E-state index is 0.235. The Balaban J connectivity index is -0.000000220. The van der Waals surface area contributed by atoms with Gasteiger partial charge in [0, 0.05) is 10.1 Å². The monoisotopic (exact) mass is 867 g/mol. The minimum atomic E-state index is -2.89. The van der Waals surface area contributed by atoms with Crippen molar-refractivity contribution in [2.75, 3.05) is 4.93 Å². The van der Waals surface area contributed by atoms with Gasteiger partial charge in [0.2, 0.25) is 0 Å². The van der Waals surface area contributed by atoms with E-state index in [0.29, 0.717) is 15.2 Å². The first-order valence-electron chi connectivity index (χ1n) is 11.3. The third kappa shape index (κ3) is 18.3. The van der Waals surface area contributed by atoms with E-state index in [-0.39, 0.29) is 10.1 Å². The molecule has 0 saturated heterocycles. The molecule has 0 atom stereocenters. The van der Waals surface area contributed by atoms with Crippen molar-refractivity contribution in [1.82, 2.24) is 0 Å². The molecule has 8 heteroatoms. The number of hydrogen-bond acceptors (Lipinski definition) is 3. The normalized spacial score (nSPS) is 9.88. The molecule has 2 rings (SSSR count). The average Bonchev–Trinajstić information content (AvgIpc) is 2.80. The van der Waals surface area contributed by atoms with Crippen molar-refractivity contribution in [2.24, 2.45) is 0 Å². The van der Waals surface area contributed by atoms with Gasteiger partial charge in [-0.25, -0.2) is 0 Å². The molecule has 34 heavy (non-hydrogen) atoms. The second-order valence-electron chi connectivity index (χ2n) is 8.41. The van der Waals surface area contributed by atoms with Gasteiger partial charge in [-0.1, -0.05) is 128 Å². The molecule has 0 aliphatic heterocycles. The summed E-state index contributed by atoms with van der Waals surface area (Å²) in [4.78, 5) is 13.0. The van der Waals surface area contributed by atoms with Crippen LogP contribution in [0.2, 0.25) is 10.1 Å². The third-order valence-electron chi connectivity index (χ3n) is 4.16. The predicted molar refractivity (Wildman–Crippen MR) is 178 cm³/mol. The number of halogens is 3. The van der Waals surface area contributed by atoms with Crippen LogP contribution in [-0.2, 0) is 9.47 Å². The number of rotatable bonds is 2. The molecule has 0 unspecified atom stereocenters. The summed E-state index contributed by atoms with van der Waals surface area (Å²) in [6, 6.07) is 16.8. The van der Waals surface area contributed by atoms with Crippen LogP contribution in [0.15, 0.2) is 54.6 Å². The van der Waals surface area contributed by atoms with E-state index in [1.54, 1.807) is 6.07 Å². The van der Waals surface area contributed by atoms with Crippen LogP contribution in [0.1, 0.15) is 74.8 Å². The molecule has 2 aromatic carbocycles. The Morgan fingerprint density at radius 1 is 0.735 bits per heavy atom. The van der Waals surface area contributed by atoms with Crippen LogP contribution in [-0.4, -0.2) is 23.4 Å². The molecule has 0 heterocycles. The Morgan fingerprint density at radius 3 is 1.32 bits per heavy atom. The van der Waals surface area contributed by atoms with Crippen molar-refractivity contribution in [1.29, 1.82) is 0 Å². The van der Waals surface area contributed by atoms with E-state index in [9.17, 15) is 4.80 Å². The first kappa shape index (κ1) is 42.1. The van der Waals surface area contributed by atoms with Crippen LogP contribution in [0.4, 0.5) is 0 Å². The van der Waals surface area contributed by atoms with Crippen LogP contribution in [0.3, 0.4) is 0 Å². The van der Waals surface area contributed by atoms with Gasteiger partial charge < -0.3 is 14.3 Å². The van der Waals surface area contributed by atoms with E-state index in [1.165, 1.54) is 0 Å². The molecule has 0 aromatic heterocycles. The van der Waals surface area contributed by atoms with Crippen molar-refractivity contribution in [3.63, 3.8) is 0 Å². The van der Waals surface area contributed by atoms with E-state index < -0.39 is 8.56 Å². The topological polar surface area (TPSA) is 49.7 Å². The number of hydrogen-bond donors (Lipinski definition) is 2. The quantitative estimate of drug-likeness (QED) is 0.180. The fraction of sp³-hybridized carbons (Fsp3) is 0.538. The maximum absolute atomic E-state index is 11.1. The van der Waals surface area contributed by atoms with Gasteiger partial charge in [-0.3, -0.25) is 0 Å². The summed E-state index contributed by atoms with van der Waals surface area (Å²) in [5.74, 6) is 1.12. The van der Waals surface area contributed by atoms with Gasteiger partial charge in [0.15, 0.2) is 0 Å². The summed E-state index contributed by atoms with van der Waals surface area (Å²) in [6.07, 6.45) is 0. The molecule has 0 fully saturated rings. The van der Waals surface area contributed by atoms with Crippen LogP contribution in [0.5, 0.6) is 11.5 Å². The number of alkyl halides is 1. The average molecular weight is 867 g/mol. The molecule has 199 valence electrons. The first-order valence-corrected chi connectivity index (χ1v) is 24.3. The van der Waals surface area contributed by atoms with Gasteiger partial charge in [-0.05, 0) is 35.6 Å². The number of phenols is 1. The Bertz CT molecular complexity index is 657. The molecular weight excluding hydrogens is 820 g/mol. The molecule has 2 N–H and O–H groups in total. The Hall–Kier alpha value is 0.991. The molecule has 2 aromatic rings. The zero-order valence-corrected chi connectivity index (χ0v) is 31.9. The number of phenolic OH excluding ortho intramolecular Hbond substituents is 1.